The highest BCUT2D eigenvalue weighted by Gasteiger charge is 2.15. The molecule has 0 atom stereocenters. The second kappa shape index (κ2) is 30.2. The van der Waals surface area contributed by atoms with E-state index < -0.39 is 5.60 Å². The number of hydrogen-bond acceptors (Lipinski definition) is 10. The molecule has 41 heavy (non-hydrogen) atoms. The molecule has 0 saturated carbocycles. The van der Waals surface area contributed by atoms with E-state index in [2.05, 4.69) is 6.92 Å². The van der Waals surface area contributed by atoms with Gasteiger partial charge in [-0.15, -0.1) is 0 Å². The maximum Gasteiger partial charge on any atom is 0.308 e. The van der Waals surface area contributed by atoms with Crippen LogP contribution in [0.2, 0.25) is 0 Å². The van der Waals surface area contributed by atoms with Gasteiger partial charge in [0.2, 0.25) is 0 Å². The molecule has 0 saturated heterocycles. The van der Waals surface area contributed by atoms with Crippen molar-refractivity contribution >= 4 is 11.9 Å². The minimum atomic E-state index is -0.471. The summed E-state index contributed by atoms with van der Waals surface area (Å²) < 4.78 is 43.0. The minimum absolute atomic E-state index is 0.139. The predicted octanol–water partition coefficient (Wildman–Crippen LogP) is 5.28. The Labute approximate surface area is 249 Å². The SMILES string of the molecule is CCCCCCCCCCCC(=O)OCCOCCOCCOCCOCCOCCOCCC(=O)OC(C)(C)C. The van der Waals surface area contributed by atoms with Gasteiger partial charge < -0.3 is 37.9 Å². The molecule has 0 heterocycles. The van der Waals surface area contributed by atoms with E-state index in [9.17, 15) is 9.59 Å². The van der Waals surface area contributed by atoms with Crippen molar-refractivity contribution in [2.24, 2.45) is 0 Å². The van der Waals surface area contributed by atoms with Crippen LogP contribution in [0.25, 0.3) is 0 Å². The van der Waals surface area contributed by atoms with Crippen molar-refractivity contribution in [3.8, 4) is 0 Å². The lowest BCUT2D eigenvalue weighted by atomic mass is 10.1. The van der Waals surface area contributed by atoms with Crippen LogP contribution in [-0.4, -0.2) is 103 Å². The van der Waals surface area contributed by atoms with Crippen molar-refractivity contribution < 1.29 is 47.5 Å². The molecule has 10 nitrogen and oxygen atoms in total. The molecule has 0 fully saturated rings. The van der Waals surface area contributed by atoms with Crippen molar-refractivity contribution in [3.63, 3.8) is 0 Å². The van der Waals surface area contributed by atoms with Crippen molar-refractivity contribution in [1.82, 2.24) is 0 Å². The molecule has 0 spiro atoms. The van der Waals surface area contributed by atoms with Crippen molar-refractivity contribution in [3.05, 3.63) is 0 Å². The van der Waals surface area contributed by atoms with Crippen LogP contribution in [0.5, 0.6) is 0 Å². The van der Waals surface area contributed by atoms with E-state index in [0.717, 1.165) is 12.8 Å². The first-order chi connectivity index (χ1) is 19.8. The quantitative estimate of drug-likeness (QED) is 0.0779. The predicted molar refractivity (Wildman–Crippen MR) is 158 cm³/mol. The fourth-order valence-electron chi connectivity index (χ4n) is 3.62. The lowest BCUT2D eigenvalue weighted by Crippen LogP contribution is -2.24. The molecular weight excluding hydrogens is 532 g/mol. The van der Waals surface area contributed by atoms with E-state index in [1.165, 1.54) is 44.9 Å². The van der Waals surface area contributed by atoms with Crippen LogP contribution in [0, 0.1) is 0 Å². The van der Waals surface area contributed by atoms with Gasteiger partial charge in [-0.3, -0.25) is 9.59 Å². The average Bonchev–Trinajstić information content (AvgIpc) is 2.92. The maximum atomic E-state index is 11.7. The number of hydrogen-bond donors (Lipinski definition) is 0. The van der Waals surface area contributed by atoms with Gasteiger partial charge in [-0.05, 0) is 27.2 Å². The summed E-state index contributed by atoms with van der Waals surface area (Å²) >= 11 is 0. The smallest absolute Gasteiger partial charge is 0.308 e. The Morgan fingerprint density at radius 2 is 0.805 bits per heavy atom. The van der Waals surface area contributed by atoms with E-state index in [1.807, 2.05) is 20.8 Å². The van der Waals surface area contributed by atoms with E-state index >= 15 is 0 Å². The molecular formula is C31H60O10. The van der Waals surface area contributed by atoms with Gasteiger partial charge in [-0.25, -0.2) is 0 Å². The van der Waals surface area contributed by atoms with Crippen molar-refractivity contribution in [1.29, 1.82) is 0 Å². The van der Waals surface area contributed by atoms with E-state index in [4.69, 9.17) is 37.9 Å². The number of esters is 2. The Hall–Kier alpha value is -1.30. The van der Waals surface area contributed by atoms with Crippen LogP contribution in [0.15, 0.2) is 0 Å². The Morgan fingerprint density at radius 1 is 0.439 bits per heavy atom. The number of ether oxygens (including phenoxy) is 8. The first kappa shape index (κ1) is 39.7. The molecule has 0 aromatic heterocycles. The van der Waals surface area contributed by atoms with Gasteiger partial charge in [0.15, 0.2) is 0 Å². The molecule has 10 heteroatoms. The molecule has 0 bridgehead atoms. The first-order valence-corrected chi connectivity index (χ1v) is 15.7. The topological polar surface area (TPSA) is 108 Å². The normalized spacial score (nSPS) is 11.6. The van der Waals surface area contributed by atoms with Crippen LogP contribution in [0.4, 0.5) is 0 Å². The Morgan fingerprint density at radius 3 is 1.22 bits per heavy atom. The Balaban J connectivity index is 3.18. The van der Waals surface area contributed by atoms with E-state index in [-0.39, 0.29) is 25.0 Å². The molecule has 0 aliphatic carbocycles. The summed E-state index contributed by atoms with van der Waals surface area (Å²) in [5.74, 6) is -0.403. The second-order valence-electron chi connectivity index (χ2n) is 10.8. The first-order valence-electron chi connectivity index (χ1n) is 15.7. The van der Waals surface area contributed by atoms with Crippen LogP contribution in [0.1, 0.15) is 98.3 Å². The number of carbonyl (C=O) groups excluding carboxylic acids is 2. The second-order valence-corrected chi connectivity index (χ2v) is 10.8. The fourth-order valence-corrected chi connectivity index (χ4v) is 3.62. The van der Waals surface area contributed by atoms with Crippen LogP contribution in [-0.2, 0) is 47.5 Å². The van der Waals surface area contributed by atoms with Gasteiger partial charge in [0.25, 0.3) is 0 Å². The van der Waals surface area contributed by atoms with Gasteiger partial charge in [0.05, 0.1) is 85.7 Å². The zero-order valence-electron chi connectivity index (χ0n) is 26.6. The third-order valence-corrected chi connectivity index (χ3v) is 5.71. The molecule has 0 aliphatic heterocycles. The molecule has 0 N–H and O–H groups in total. The lowest BCUT2D eigenvalue weighted by molar-refractivity contribution is -0.156. The van der Waals surface area contributed by atoms with Gasteiger partial charge in [0.1, 0.15) is 12.2 Å². The highest BCUT2D eigenvalue weighted by molar-refractivity contribution is 5.70. The lowest BCUT2D eigenvalue weighted by Gasteiger charge is -2.19. The van der Waals surface area contributed by atoms with Gasteiger partial charge in [-0.1, -0.05) is 58.3 Å². The summed E-state index contributed by atoms with van der Waals surface area (Å²) in [4.78, 5) is 23.3. The standard InChI is InChI=1S/C31H60O10/c1-5-6-7-8-9-10-11-12-13-14-29(32)40-28-27-39-26-25-38-24-23-37-22-21-36-20-19-35-18-17-34-16-15-30(33)41-31(2,3)4/h5-28H2,1-4H3. The third kappa shape index (κ3) is 34.8. The summed E-state index contributed by atoms with van der Waals surface area (Å²) in [7, 11) is 0. The molecule has 0 aromatic carbocycles. The van der Waals surface area contributed by atoms with Crippen molar-refractivity contribution in [2.75, 3.05) is 85.9 Å². The summed E-state index contributed by atoms with van der Waals surface area (Å²) in [6.07, 6.45) is 11.8. The summed E-state index contributed by atoms with van der Waals surface area (Å²) in [6, 6.07) is 0. The van der Waals surface area contributed by atoms with Crippen LogP contribution < -0.4 is 0 Å². The van der Waals surface area contributed by atoms with Crippen LogP contribution >= 0.6 is 0 Å². The van der Waals surface area contributed by atoms with Crippen LogP contribution in [0.3, 0.4) is 0 Å². The van der Waals surface area contributed by atoms with E-state index in [0.29, 0.717) is 85.7 Å². The maximum absolute atomic E-state index is 11.7. The number of carbonyl (C=O) groups is 2. The van der Waals surface area contributed by atoms with Gasteiger partial charge in [0, 0.05) is 6.42 Å². The zero-order chi connectivity index (χ0) is 30.3. The number of rotatable bonds is 31. The highest BCUT2D eigenvalue weighted by atomic mass is 16.6. The summed E-state index contributed by atoms with van der Waals surface area (Å²) in [5.41, 5.74) is -0.471. The molecule has 0 amide bonds. The zero-order valence-corrected chi connectivity index (χ0v) is 26.6. The molecule has 0 radical (unpaired) electrons. The minimum Gasteiger partial charge on any atom is -0.463 e. The average molecular weight is 593 g/mol. The number of unbranched alkanes of at least 4 members (excludes halogenated alkanes) is 8. The molecule has 0 rings (SSSR count). The monoisotopic (exact) mass is 592 g/mol. The fraction of sp³-hybridized carbons (Fsp3) is 0.935. The molecule has 244 valence electrons. The van der Waals surface area contributed by atoms with Gasteiger partial charge >= 0.3 is 11.9 Å². The van der Waals surface area contributed by atoms with Gasteiger partial charge in [-0.2, -0.15) is 0 Å². The summed E-state index contributed by atoms with van der Waals surface area (Å²) in [5, 5.41) is 0. The molecule has 0 unspecified atom stereocenters. The van der Waals surface area contributed by atoms with Crippen molar-refractivity contribution in [2.45, 2.75) is 104 Å². The summed E-state index contributed by atoms with van der Waals surface area (Å²) in [6.45, 7) is 13.4. The Kier molecular flexibility index (Phi) is 29.2. The molecule has 0 aromatic rings. The highest BCUT2D eigenvalue weighted by Crippen LogP contribution is 2.11. The Bertz CT molecular complexity index is 580. The molecule has 0 aliphatic rings. The third-order valence-electron chi connectivity index (χ3n) is 5.71. The van der Waals surface area contributed by atoms with E-state index in [1.54, 1.807) is 0 Å². The largest absolute Gasteiger partial charge is 0.463 e.